The Labute approximate surface area is 845 Å². The first-order chi connectivity index (χ1) is 68.7. The van der Waals surface area contributed by atoms with Crippen molar-refractivity contribution in [1.82, 2.24) is 96.7 Å². The fourth-order valence-corrected chi connectivity index (χ4v) is 18.0. The Hall–Kier alpha value is -13.5. The molecule has 146 heavy (non-hydrogen) atoms. The molecule has 5 atom stereocenters. The fraction of sp³-hybridized carbons (Fsp3) is 0.515. The number of aliphatic hydroxyl groups is 1. The highest BCUT2D eigenvalue weighted by molar-refractivity contribution is 7.57. The first kappa shape index (κ1) is 116. The zero-order chi connectivity index (χ0) is 107. The van der Waals surface area contributed by atoms with Gasteiger partial charge in [-0.3, -0.25) is 38.8 Å². The maximum atomic E-state index is 14.2. The van der Waals surface area contributed by atoms with Gasteiger partial charge in [0.15, 0.2) is 5.78 Å². The second-order valence-electron chi connectivity index (χ2n) is 39.4. The first-order valence-corrected chi connectivity index (χ1v) is 50.3. The summed E-state index contributed by atoms with van der Waals surface area (Å²) in [4.78, 5) is 137. The topological polar surface area (TPSA) is 415 Å². The molecule has 10 aromatic rings. The molecule has 6 aliphatic rings. The van der Waals surface area contributed by atoms with E-state index in [-0.39, 0.29) is 102 Å². The van der Waals surface area contributed by atoms with Crippen molar-refractivity contribution in [2.45, 2.75) is 175 Å². The minimum Gasteiger partial charge on any atom is -0.444 e. The zero-order valence-electron chi connectivity index (χ0n) is 86.2. The molecular formula is C101H136F7N22O15P. The lowest BCUT2D eigenvalue weighted by atomic mass is 10.0. The number of nitro groups is 1. The van der Waals surface area contributed by atoms with Crippen LogP contribution in [0.2, 0.25) is 0 Å². The maximum absolute atomic E-state index is 14.2. The van der Waals surface area contributed by atoms with E-state index < -0.39 is 70.5 Å². The summed E-state index contributed by atoms with van der Waals surface area (Å²) in [6.45, 7) is 27.1. The van der Waals surface area contributed by atoms with E-state index in [4.69, 9.17) is 29.6 Å². The number of hydrogen-bond acceptors (Lipinski definition) is 24. The van der Waals surface area contributed by atoms with Crippen LogP contribution in [0.4, 0.5) is 56.5 Å². The molecule has 6 fully saturated rings. The number of anilines is 1. The fourth-order valence-electron chi connectivity index (χ4n) is 16.6. The molecule has 45 heteroatoms. The number of benzene rings is 2. The van der Waals surface area contributed by atoms with Gasteiger partial charge in [-0.1, -0.05) is 0 Å². The lowest BCUT2D eigenvalue weighted by molar-refractivity contribution is -0.385. The third-order valence-corrected chi connectivity index (χ3v) is 25.8. The third-order valence-electron chi connectivity index (χ3n) is 24.2. The molecule has 3 N–H and O–H groups in total. The van der Waals surface area contributed by atoms with Crippen LogP contribution in [0.1, 0.15) is 154 Å². The number of halogens is 7. The van der Waals surface area contributed by atoms with Gasteiger partial charge >= 0.3 is 30.4 Å². The van der Waals surface area contributed by atoms with Crippen molar-refractivity contribution >= 4 is 66.6 Å². The molecule has 6 aliphatic heterocycles. The van der Waals surface area contributed by atoms with Gasteiger partial charge in [-0.25, -0.2) is 66.8 Å². The molecule has 794 valence electrons. The summed E-state index contributed by atoms with van der Waals surface area (Å²) in [6.07, 6.45) is 26.1. The number of nitrogens with zero attached hydrogens (tertiary/aromatic N) is 21. The SMILES string of the molecule is CC(C)(C)OC(=O)N1CCC(=O)C1.CCOP(C)(=O)Cc1nccn1C.CO.Cn1ccnc1/C=C1\CCN(C(=O)OC(C)(C)C)C1.Cn1ccnc1CC1CCN(C(=O)C(F)(F)F)C1.Cn1ccnc1CC1CCN(C(=O)Cc2nc(-c3ccc(F)cc3F)ccc2N)C1.Cn1ccnc1CC1CCN(C(=O)Cc2nc(-c3ccc(F)cc3F)ccc2[N+](=O)[O-])C1.Cn1ccnc1CC1CCN(C(=O)OC(C)(C)C)C1. The Morgan fingerprint density at radius 1 is 0.486 bits per heavy atom. The summed E-state index contributed by atoms with van der Waals surface area (Å²) in [5, 5.41) is 18.5. The normalized spacial score (nSPS) is 17.3. The number of likely N-dealkylation sites (tertiary alicyclic amines) is 6. The minimum absolute atomic E-state index is 0.00583. The number of nitrogens with two attached hydrogens (primary N) is 1. The molecule has 0 spiro atoms. The number of aliphatic hydroxyl groups excluding tert-OH is 1. The number of pyridine rings is 2. The van der Waals surface area contributed by atoms with E-state index in [0.717, 1.165) is 123 Å². The van der Waals surface area contributed by atoms with Gasteiger partial charge in [-0.2, -0.15) is 13.2 Å². The number of carbonyl (C=O) groups is 7. The van der Waals surface area contributed by atoms with Crippen LogP contribution < -0.4 is 5.73 Å². The second kappa shape index (κ2) is 52.5. The lowest BCUT2D eigenvalue weighted by Crippen LogP contribution is -2.39. The smallest absolute Gasteiger partial charge is 0.444 e. The number of Topliss-reactive ketones (excluding diaryl/α,β-unsaturated/α-hetero) is 1. The average molecular weight is 2060 g/mol. The number of nitrogen functional groups attached to an aromatic ring is 1. The molecule has 0 radical (unpaired) electrons. The third kappa shape index (κ3) is 36.0. The van der Waals surface area contributed by atoms with Crippen molar-refractivity contribution in [3.8, 4) is 22.5 Å². The zero-order valence-corrected chi connectivity index (χ0v) is 87.1. The van der Waals surface area contributed by atoms with E-state index in [0.29, 0.717) is 107 Å². The van der Waals surface area contributed by atoms with Crippen molar-refractivity contribution in [2.24, 2.45) is 66.0 Å². The largest absolute Gasteiger partial charge is 0.471 e. The van der Waals surface area contributed by atoms with Crippen molar-refractivity contribution in [2.75, 3.05) is 105 Å². The van der Waals surface area contributed by atoms with Crippen molar-refractivity contribution in [3.63, 3.8) is 0 Å². The van der Waals surface area contributed by atoms with Gasteiger partial charge in [0.25, 0.3) is 5.69 Å². The van der Waals surface area contributed by atoms with Gasteiger partial charge < -0.3 is 86.4 Å². The van der Waals surface area contributed by atoms with E-state index in [1.807, 2.05) is 187 Å². The molecule has 8 aromatic heterocycles. The van der Waals surface area contributed by atoms with Crippen LogP contribution >= 0.6 is 7.37 Å². The van der Waals surface area contributed by atoms with Crippen LogP contribution in [0.15, 0.2) is 141 Å². The number of aryl methyl sites for hydroxylation is 6. The Morgan fingerprint density at radius 3 is 1.23 bits per heavy atom. The molecule has 16 rings (SSSR count). The molecular weight excluding hydrogens is 1930 g/mol. The Kier molecular flexibility index (Phi) is 41.7. The van der Waals surface area contributed by atoms with Crippen LogP contribution in [0.25, 0.3) is 28.6 Å². The van der Waals surface area contributed by atoms with E-state index in [2.05, 4.69) is 39.9 Å². The van der Waals surface area contributed by atoms with Gasteiger partial charge in [0.1, 0.15) is 80.7 Å². The van der Waals surface area contributed by atoms with Crippen molar-refractivity contribution in [1.29, 1.82) is 0 Å². The van der Waals surface area contributed by atoms with Crippen LogP contribution in [0.3, 0.4) is 0 Å². The number of ether oxygens (including phenoxy) is 3. The summed E-state index contributed by atoms with van der Waals surface area (Å²) in [5.74, 6) is 1.83. The summed E-state index contributed by atoms with van der Waals surface area (Å²) >= 11 is 0. The molecule has 5 unspecified atom stereocenters. The lowest BCUT2D eigenvalue weighted by Gasteiger charge is -2.24. The summed E-state index contributed by atoms with van der Waals surface area (Å²) in [5.41, 5.74) is 6.88. The van der Waals surface area contributed by atoms with Crippen LogP contribution in [-0.2, 0) is 129 Å². The number of aromatic nitrogens is 14. The highest BCUT2D eigenvalue weighted by atomic mass is 31.2. The van der Waals surface area contributed by atoms with Gasteiger partial charge in [0.05, 0.1) is 59.8 Å². The average Bonchev–Trinajstić information content (AvgIpc) is 1.71. The monoisotopic (exact) mass is 2060 g/mol. The maximum Gasteiger partial charge on any atom is 0.471 e. The standard InChI is InChI=1S/C22H21F2N5O3.C22H23F2N5O.C14H23N3O2.C14H21N3O2.C11H14F3N3O.C9H15NO3.C8H15N2O2P.CH4O/c1-27-9-7-25-21(27)10-14-6-8-28(13-14)22(30)12-19-20(29(31)32)5-4-18(26-19)16-3-2-15(23)11-17(16)24;1-28-9-7-26-21(28)10-14-6-8-29(13-14)22(30)12-20-18(25)4-5-19(27-20)16-3-2-15(23)11-17(16)24;2*1-14(2,3)19-13(18)17-7-5-11(10-17)9-12-15-6-8-16(12)4;1-16-5-3-15-9(16)6-8-2-4-17(7-8)10(18)11(12,13)14;1-9(2,3)13-8(12)10-5-4-7(11)6-10;1-4-12-13(3,11)7-8-9-5-6-10(8)2;1-2/h2-5,7,9,11,14H,6,8,10,12-13H2,1H3;2-5,7,9,11,14H,6,8,10,12-13,25H2,1H3;6,8,11H,5,7,9-10H2,1-4H3;6,8-9H,5,7,10H2,1-4H3;3,5,8H,2,4,6-7H2,1H3;4-6H2,1-3H3;5-6H,4,7H2,1-3H3;2H,1H3/b;;;11-9+;;;;. The number of amides is 6. The Balaban J connectivity index is 0.000000194. The predicted molar refractivity (Wildman–Crippen MR) is 533 cm³/mol. The molecule has 6 saturated heterocycles. The minimum atomic E-state index is -4.77. The molecule has 0 bridgehead atoms. The number of hydrogen-bond donors (Lipinski definition) is 2. The number of imidazole rings is 6. The summed E-state index contributed by atoms with van der Waals surface area (Å²) in [6, 6.07) is 12.0. The van der Waals surface area contributed by atoms with Crippen molar-refractivity contribution in [3.05, 3.63) is 220 Å². The predicted octanol–water partition coefficient (Wildman–Crippen LogP) is 15.0. The van der Waals surface area contributed by atoms with Crippen LogP contribution in [0.5, 0.6) is 0 Å². The van der Waals surface area contributed by atoms with Crippen LogP contribution in [0, 0.1) is 57.1 Å². The van der Waals surface area contributed by atoms with E-state index in [9.17, 15) is 79.0 Å². The van der Waals surface area contributed by atoms with E-state index in [1.165, 1.54) is 40.8 Å². The number of alkyl halides is 3. The van der Waals surface area contributed by atoms with Gasteiger partial charge in [-0.15, -0.1) is 0 Å². The number of ketones is 1. The highest BCUT2D eigenvalue weighted by Gasteiger charge is 2.45. The molecule has 0 saturated carbocycles. The summed E-state index contributed by atoms with van der Waals surface area (Å²) < 4.78 is 136. The van der Waals surface area contributed by atoms with E-state index >= 15 is 0 Å². The Bertz CT molecular complexity index is 6150. The van der Waals surface area contributed by atoms with Crippen molar-refractivity contribution < 1.29 is 97.6 Å². The van der Waals surface area contributed by atoms with E-state index in [1.54, 1.807) is 70.7 Å². The molecule has 2 aromatic carbocycles. The molecule has 14 heterocycles. The number of rotatable bonds is 20. The number of carbonyl (C=O) groups excluding carboxylic acids is 7. The molecule has 37 nitrogen and oxygen atoms in total. The molecule has 0 aliphatic carbocycles. The molecule has 6 amide bonds. The second-order valence-corrected chi connectivity index (χ2v) is 42.0. The summed E-state index contributed by atoms with van der Waals surface area (Å²) in [7, 11) is 10.1. The van der Waals surface area contributed by atoms with Gasteiger partial charge in [-0.05, 0) is 179 Å². The highest BCUT2D eigenvalue weighted by Crippen LogP contribution is 2.46. The van der Waals surface area contributed by atoms with Gasteiger partial charge in [0, 0.05) is 264 Å². The van der Waals surface area contributed by atoms with Crippen LogP contribution in [-0.4, -0.2) is 270 Å². The first-order valence-electron chi connectivity index (χ1n) is 48.0. The van der Waals surface area contributed by atoms with Gasteiger partial charge in [0.2, 0.25) is 19.2 Å². The quantitative estimate of drug-likeness (QED) is 0.0235. The Morgan fingerprint density at radius 2 is 0.849 bits per heavy atom.